The first-order chi connectivity index (χ1) is 7.60. The predicted molar refractivity (Wildman–Crippen MR) is 67.7 cm³/mol. The van der Waals surface area contributed by atoms with Crippen LogP contribution in [0, 0.1) is 0 Å². The third-order valence-electron chi connectivity index (χ3n) is 2.13. The lowest BCUT2D eigenvalue weighted by Gasteiger charge is -2.27. The van der Waals surface area contributed by atoms with E-state index in [1.165, 1.54) is 0 Å². The highest BCUT2D eigenvalue weighted by Crippen LogP contribution is 2.16. The zero-order chi connectivity index (χ0) is 12.4. The van der Waals surface area contributed by atoms with Crippen LogP contribution in [0.4, 0.5) is 0 Å². The maximum atomic E-state index is 11.8. The molecule has 1 unspecified atom stereocenters. The third-order valence-corrected chi connectivity index (χ3v) is 3.49. The number of esters is 1. The molecular formula is C11H23NO3S. The molecule has 0 bridgehead atoms. The van der Waals surface area contributed by atoms with Crippen LogP contribution in [0.1, 0.15) is 27.2 Å². The molecule has 0 aliphatic carbocycles. The molecule has 5 heteroatoms. The number of aliphatic hydroxyl groups excluding tert-OH is 1. The van der Waals surface area contributed by atoms with Gasteiger partial charge in [-0.3, -0.25) is 4.79 Å². The lowest BCUT2D eigenvalue weighted by Crippen LogP contribution is -2.52. The molecule has 0 amide bonds. The van der Waals surface area contributed by atoms with E-state index >= 15 is 0 Å². The summed E-state index contributed by atoms with van der Waals surface area (Å²) in [6.07, 6.45) is 0.760. The topological polar surface area (TPSA) is 58.6 Å². The summed E-state index contributed by atoms with van der Waals surface area (Å²) in [5.74, 6) is 1.32. The highest BCUT2D eigenvalue weighted by Gasteiger charge is 2.33. The molecule has 0 aromatic carbocycles. The number of nitrogens with one attached hydrogen (secondary N) is 1. The summed E-state index contributed by atoms with van der Waals surface area (Å²) in [4.78, 5) is 11.8. The Balaban J connectivity index is 4.15. The highest BCUT2D eigenvalue weighted by molar-refractivity contribution is 7.99. The van der Waals surface area contributed by atoms with E-state index in [1.807, 2.05) is 20.8 Å². The summed E-state index contributed by atoms with van der Waals surface area (Å²) < 4.78 is 5.05. The summed E-state index contributed by atoms with van der Waals surface area (Å²) in [6.45, 7) is 6.97. The van der Waals surface area contributed by atoms with E-state index in [9.17, 15) is 4.79 Å². The number of carbonyl (C=O) groups excluding carboxylic acids is 1. The molecule has 96 valence electrons. The molecule has 0 aromatic rings. The van der Waals surface area contributed by atoms with Crippen molar-refractivity contribution in [3.05, 3.63) is 0 Å². The van der Waals surface area contributed by atoms with E-state index in [0.29, 0.717) is 12.4 Å². The average Bonchev–Trinajstić information content (AvgIpc) is 2.25. The minimum atomic E-state index is -0.620. The van der Waals surface area contributed by atoms with Crippen molar-refractivity contribution in [2.75, 3.05) is 31.3 Å². The minimum Gasteiger partial charge on any atom is -0.465 e. The second kappa shape index (κ2) is 8.84. The van der Waals surface area contributed by atoms with Gasteiger partial charge in [0.05, 0.1) is 6.61 Å². The number of carbonyl (C=O) groups is 1. The maximum absolute atomic E-state index is 11.8. The van der Waals surface area contributed by atoms with E-state index in [4.69, 9.17) is 9.84 Å². The van der Waals surface area contributed by atoms with Crippen LogP contribution < -0.4 is 5.32 Å². The van der Waals surface area contributed by atoms with Crippen LogP contribution in [-0.2, 0) is 9.53 Å². The Hall–Kier alpha value is -0.260. The van der Waals surface area contributed by atoms with Crippen LogP contribution in [0.3, 0.4) is 0 Å². The maximum Gasteiger partial charge on any atom is 0.326 e. The summed E-state index contributed by atoms with van der Waals surface area (Å²) in [7, 11) is 0. The van der Waals surface area contributed by atoms with Crippen molar-refractivity contribution in [1.82, 2.24) is 5.32 Å². The normalized spacial score (nSPS) is 14.5. The molecule has 0 radical (unpaired) electrons. The zero-order valence-corrected chi connectivity index (χ0v) is 11.2. The van der Waals surface area contributed by atoms with E-state index in [1.54, 1.807) is 11.8 Å². The third kappa shape index (κ3) is 5.72. The van der Waals surface area contributed by atoms with Crippen molar-refractivity contribution >= 4 is 17.7 Å². The number of hydrogen-bond acceptors (Lipinski definition) is 5. The Kier molecular flexibility index (Phi) is 8.70. The Morgan fingerprint density at radius 2 is 2.19 bits per heavy atom. The Bertz CT molecular complexity index is 202. The number of thioether (sulfide) groups is 1. The van der Waals surface area contributed by atoms with Crippen LogP contribution >= 0.6 is 11.8 Å². The molecule has 4 nitrogen and oxygen atoms in total. The van der Waals surface area contributed by atoms with Gasteiger partial charge in [0.25, 0.3) is 0 Å². The zero-order valence-electron chi connectivity index (χ0n) is 10.4. The predicted octanol–water partition coefficient (Wildman–Crippen LogP) is 1.03. The summed E-state index contributed by atoms with van der Waals surface area (Å²) in [5.41, 5.74) is -0.620. The van der Waals surface area contributed by atoms with Gasteiger partial charge in [0, 0.05) is 12.4 Å². The van der Waals surface area contributed by atoms with E-state index in [0.717, 1.165) is 18.7 Å². The summed E-state index contributed by atoms with van der Waals surface area (Å²) in [6, 6.07) is 0. The van der Waals surface area contributed by atoms with Crippen molar-refractivity contribution in [2.24, 2.45) is 0 Å². The summed E-state index contributed by atoms with van der Waals surface area (Å²) in [5, 5.41) is 11.8. The van der Waals surface area contributed by atoms with Gasteiger partial charge in [-0.2, -0.15) is 11.8 Å². The molecule has 0 heterocycles. The van der Waals surface area contributed by atoms with Crippen molar-refractivity contribution in [2.45, 2.75) is 32.7 Å². The smallest absolute Gasteiger partial charge is 0.326 e. The number of hydrogen-bond donors (Lipinski definition) is 2. The lowest BCUT2D eigenvalue weighted by atomic mass is 10.1. The van der Waals surface area contributed by atoms with E-state index in [-0.39, 0.29) is 12.6 Å². The molecule has 1 atom stereocenters. The fourth-order valence-corrected chi connectivity index (χ4v) is 2.41. The molecule has 0 aliphatic heterocycles. The number of rotatable bonds is 9. The lowest BCUT2D eigenvalue weighted by molar-refractivity contribution is -0.149. The molecule has 0 rings (SSSR count). The van der Waals surface area contributed by atoms with E-state index < -0.39 is 5.54 Å². The van der Waals surface area contributed by atoms with Crippen LogP contribution in [0.15, 0.2) is 0 Å². The van der Waals surface area contributed by atoms with Gasteiger partial charge in [-0.1, -0.05) is 6.92 Å². The molecule has 0 saturated carbocycles. The second-order valence-corrected chi connectivity index (χ2v) is 4.82. The van der Waals surface area contributed by atoms with Crippen LogP contribution in [-0.4, -0.2) is 47.9 Å². The van der Waals surface area contributed by atoms with Gasteiger partial charge in [0.1, 0.15) is 5.54 Å². The Morgan fingerprint density at radius 1 is 1.50 bits per heavy atom. The first-order valence-corrected chi connectivity index (χ1v) is 6.87. The molecule has 0 aromatic heterocycles. The van der Waals surface area contributed by atoms with Crippen molar-refractivity contribution in [1.29, 1.82) is 0 Å². The molecule has 2 N–H and O–H groups in total. The molecule has 0 aliphatic rings. The molecular weight excluding hydrogens is 226 g/mol. The summed E-state index contributed by atoms with van der Waals surface area (Å²) >= 11 is 1.66. The molecule has 0 spiro atoms. The van der Waals surface area contributed by atoms with Crippen molar-refractivity contribution < 1.29 is 14.6 Å². The average molecular weight is 249 g/mol. The van der Waals surface area contributed by atoms with Crippen LogP contribution in [0.2, 0.25) is 0 Å². The minimum absolute atomic E-state index is 0.199. The quantitative estimate of drug-likeness (QED) is 0.472. The second-order valence-electron chi connectivity index (χ2n) is 3.71. The van der Waals surface area contributed by atoms with Gasteiger partial charge in [0.2, 0.25) is 0 Å². The van der Waals surface area contributed by atoms with Gasteiger partial charge < -0.3 is 15.2 Å². The monoisotopic (exact) mass is 249 g/mol. The standard InChI is InChI=1S/C11H23NO3S/c1-4-12-11(3,10(14)15-5-2)9-16-8-6-7-13/h12-13H,4-9H2,1-3H3. The van der Waals surface area contributed by atoms with Crippen LogP contribution in [0.5, 0.6) is 0 Å². The van der Waals surface area contributed by atoms with Crippen molar-refractivity contribution in [3.8, 4) is 0 Å². The first kappa shape index (κ1) is 15.7. The molecule has 0 fully saturated rings. The van der Waals surface area contributed by atoms with Crippen LogP contribution in [0.25, 0.3) is 0 Å². The van der Waals surface area contributed by atoms with Gasteiger partial charge in [0.15, 0.2) is 0 Å². The van der Waals surface area contributed by atoms with E-state index in [2.05, 4.69) is 5.32 Å². The molecule has 0 saturated heterocycles. The van der Waals surface area contributed by atoms with Gasteiger partial charge in [-0.15, -0.1) is 0 Å². The SMILES string of the molecule is CCNC(C)(CSCCCO)C(=O)OCC. The van der Waals surface area contributed by atoms with Gasteiger partial charge >= 0.3 is 5.97 Å². The Morgan fingerprint density at radius 3 is 2.69 bits per heavy atom. The van der Waals surface area contributed by atoms with Gasteiger partial charge in [-0.05, 0) is 32.6 Å². The Labute approximate surface area is 102 Å². The number of aliphatic hydroxyl groups is 1. The molecule has 16 heavy (non-hydrogen) atoms. The fraction of sp³-hybridized carbons (Fsp3) is 0.909. The number of ether oxygens (including phenoxy) is 1. The first-order valence-electron chi connectivity index (χ1n) is 5.71. The largest absolute Gasteiger partial charge is 0.465 e. The fourth-order valence-electron chi connectivity index (χ4n) is 1.31. The van der Waals surface area contributed by atoms with Crippen molar-refractivity contribution in [3.63, 3.8) is 0 Å². The van der Waals surface area contributed by atoms with Gasteiger partial charge in [-0.25, -0.2) is 0 Å². The highest BCUT2D eigenvalue weighted by atomic mass is 32.2. The number of likely N-dealkylation sites (N-methyl/N-ethyl adjacent to an activating group) is 1.